The average molecular weight is 228 g/mol. The number of hydrogen-bond donors (Lipinski definition) is 1. The number of nitriles is 1. The lowest BCUT2D eigenvalue weighted by atomic mass is 10.1. The number of rotatable bonds is 0. The lowest BCUT2D eigenvalue weighted by molar-refractivity contribution is -0.119. The van der Waals surface area contributed by atoms with E-state index in [1.807, 2.05) is 6.07 Å². The number of anilines is 1. The van der Waals surface area contributed by atoms with E-state index in [0.717, 1.165) is 12.0 Å². The molecule has 0 saturated heterocycles. The van der Waals surface area contributed by atoms with Gasteiger partial charge in [0.15, 0.2) is 0 Å². The van der Waals surface area contributed by atoms with Crippen molar-refractivity contribution in [1.29, 1.82) is 5.26 Å². The van der Waals surface area contributed by atoms with Crippen molar-refractivity contribution in [2.24, 2.45) is 11.7 Å². The molecular formula is C12H12N4O. The van der Waals surface area contributed by atoms with Crippen LogP contribution in [0.3, 0.4) is 0 Å². The van der Waals surface area contributed by atoms with Gasteiger partial charge in [-0.25, -0.2) is 4.98 Å². The van der Waals surface area contributed by atoms with Crippen molar-refractivity contribution < 1.29 is 4.79 Å². The molecule has 1 aromatic heterocycles. The molecule has 3 rings (SSSR count). The summed E-state index contributed by atoms with van der Waals surface area (Å²) in [6.07, 6.45) is 2.42. The van der Waals surface area contributed by atoms with Gasteiger partial charge in [-0.05, 0) is 29.9 Å². The Labute approximate surface area is 98.8 Å². The zero-order valence-corrected chi connectivity index (χ0v) is 9.42. The summed E-state index contributed by atoms with van der Waals surface area (Å²) in [5.74, 6) is 1.06. The third kappa shape index (κ3) is 1.34. The number of likely N-dealkylation sites (N-methyl/N-ethyl adjacent to an activating group) is 1. The molecule has 2 aliphatic rings. The van der Waals surface area contributed by atoms with E-state index < -0.39 is 6.04 Å². The predicted octanol–water partition coefficient (Wildman–Crippen LogP) is 0.360. The molecule has 2 unspecified atom stereocenters. The summed E-state index contributed by atoms with van der Waals surface area (Å²) < 4.78 is 0. The summed E-state index contributed by atoms with van der Waals surface area (Å²) in [6, 6.07) is 3.46. The third-order valence-electron chi connectivity index (χ3n) is 3.66. The lowest BCUT2D eigenvalue weighted by Crippen LogP contribution is -2.42. The van der Waals surface area contributed by atoms with Gasteiger partial charge in [-0.2, -0.15) is 5.26 Å². The summed E-state index contributed by atoms with van der Waals surface area (Å²) in [5.41, 5.74) is 7.44. The number of hydrogen-bond acceptors (Lipinski definition) is 4. The van der Waals surface area contributed by atoms with E-state index >= 15 is 0 Å². The van der Waals surface area contributed by atoms with Gasteiger partial charge in [-0.3, -0.25) is 9.69 Å². The van der Waals surface area contributed by atoms with Gasteiger partial charge < -0.3 is 5.73 Å². The van der Waals surface area contributed by atoms with Crippen molar-refractivity contribution in [2.75, 3.05) is 11.9 Å². The molecule has 0 aromatic carbocycles. The molecule has 5 heteroatoms. The lowest BCUT2D eigenvalue weighted by Gasteiger charge is -2.19. The Morgan fingerprint density at radius 2 is 2.41 bits per heavy atom. The molecule has 1 amide bonds. The predicted molar refractivity (Wildman–Crippen MR) is 61.2 cm³/mol. The first-order chi connectivity index (χ1) is 8.13. The topological polar surface area (TPSA) is 83.0 Å². The Hall–Kier alpha value is -1.93. The third-order valence-corrected chi connectivity index (χ3v) is 3.66. The van der Waals surface area contributed by atoms with Crippen LogP contribution in [0.2, 0.25) is 0 Å². The first-order valence-corrected chi connectivity index (χ1v) is 5.56. The second-order valence-electron chi connectivity index (χ2n) is 4.68. The van der Waals surface area contributed by atoms with Crippen molar-refractivity contribution in [3.05, 3.63) is 23.4 Å². The number of nitrogens with zero attached hydrogens (tertiary/aromatic N) is 3. The maximum Gasteiger partial charge on any atom is 0.245 e. The highest BCUT2D eigenvalue weighted by Gasteiger charge is 2.50. The van der Waals surface area contributed by atoms with Crippen LogP contribution in [0.25, 0.3) is 0 Å². The van der Waals surface area contributed by atoms with Gasteiger partial charge in [0, 0.05) is 13.2 Å². The molecule has 1 aliphatic carbocycles. The summed E-state index contributed by atoms with van der Waals surface area (Å²) in [4.78, 5) is 17.7. The molecule has 2 heterocycles. The fraction of sp³-hybridized carbons (Fsp3) is 0.417. The molecule has 5 nitrogen and oxygen atoms in total. The van der Waals surface area contributed by atoms with Crippen LogP contribution in [-0.2, 0) is 4.79 Å². The van der Waals surface area contributed by atoms with Gasteiger partial charge in [0.1, 0.15) is 11.9 Å². The Morgan fingerprint density at radius 3 is 3.12 bits per heavy atom. The zero-order valence-electron chi connectivity index (χ0n) is 9.42. The monoisotopic (exact) mass is 228 g/mol. The van der Waals surface area contributed by atoms with Crippen LogP contribution in [0, 0.1) is 17.2 Å². The molecule has 17 heavy (non-hydrogen) atoms. The normalized spacial score (nSPS) is 30.1. The molecule has 1 aromatic rings. The Bertz CT molecular complexity index is 548. The molecule has 1 fully saturated rings. The van der Waals surface area contributed by atoms with Crippen molar-refractivity contribution in [3.8, 4) is 6.07 Å². The first kappa shape index (κ1) is 10.2. The van der Waals surface area contributed by atoms with Crippen molar-refractivity contribution in [3.63, 3.8) is 0 Å². The highest BCUT2D eigenvalue weighted by molar-refractivity contribution is 5.98. The van der Waals surface area contributed by atoms with E-state index in [1.54, 1.807) is 7.05 Å². The summed E-state index contributed by atoms with van der Waals surface area (Å²) >= 11 is 0. The fourth-order valence-electron chi connectivity index (χ4n) is 2.57. The van der Waals surface area contributed by atoms with Gasteiger partial charge in [-0.15, -0.1) is 0 Å². The molecule has 0 radical (unpaired) electrons. The first-order valence-electron chi connectivity index (χ1n) is 5.56. The van der Waals surface area contributed by atoms with Crippen LogP contribution in [0.4, 0.5) is 5.82 Å². The molecule has 1 aliphatic heterocycles. The smallest absolute Gasteiger partial charge is 0.245 e. The van der Waals surface area contributed by atoms with E-state index in [9.17, 15) is 4.79 Å². The summed E-state index contributed by atoms with van der Waals surface area (Å²) in [5, 5.41) is 8.88. The maximum atomic E-state index is 12.0. The van der Waals surface area contributed by atoms with E-state index in [2.05, 4.69) is 11.1 Å². The molecule has 0 spiro atoms. The molecule has 3 atom stereocenters. The Morgan fingerprint density at radius 1 is 1.65 bits per heavy atom. The van der Waals surface area contributed by atoms with Crippen LogP contribution in [0.1, 0.15) is 23.5 Å². The number of nitrogens with two attached hydrogens (primary N) is 1. The Kier molecular flexibility index (Phi) is 1.98. The minimum absolute atomic E-state index is 0.0894. The minimum Gasteiger partial charge on any atom is -0.320 e. The standard InChI is InChI=1S/C12H12N4O/c1-16-11-9(2-6(4-13)5-15-11)7-3-8(7)10(14)12(16)17/h2,5,7-8,10H,3,14H2,1H3/t7?,8?,10-/m0/s1. The average Bonchev–Trinajstić information content (AvgIpc) is 3.15. The number of fused-ring (bicyclic) bond motifs is 3. The van der Waals surface area contributed by atoms with Gasteiger partial charge >= 0.3 is 0 Å². The highest BCUT2D eigenvalue weighted by Crippen LogP contribution is 2.53. The van der Waals surface area contributed by atoms with E-state index in [1.165, 1.54) is 11.1 Å². The molecule has 2 N–H and O–H groups in total. The van der Waals surface area contributed by atoms with Gasteiger partial charge in [0.25, 0.3) is 0 Å². The highest BCUT2D eigenvalue weighted by atomic mass is 16.2. The maximum absolute atomic E-state index is 12.0. The largest absolute Gasteiger partial charge is 0.320 e. The minimum atomic E-state index is -0.440. The fourth-order valence-corrected chi connectivity index (χ4v) is 2.57. The number of aromatic nitrogens is 1. The van der Waals surface area contributed by atoms with Crippen LogP contribution in [0.15, 0.2) is 12.3 Å². The van der Waals surface area contributed by atoms with Gasteiger partial charge in [0.2, 0.25) is 5.91 Å². The van der Waals surface area contributed by atoms with Crippen LogP contribution >= 0.6 is 0 Å². The number of carbonyl (C=O) groups excluding carboxylic acids is 1. The van der Waals surface area contributed by atoms with Crippen LogP contribution in [-0.4, -0.2) is 24.0 Å². The van der Waals surface area contributed by atoms with Gasteiger partial charge in [-0.1, -0.05) is 0 Å². The molecular weight excluding hydrogens is 216 g/mol. The van der Waals surface area contributed by atoms with Crippen molar-refractivity contribution in [1.82, 2.24) is 4.98 Å². The molecule has 1 saturated carbocycles. The zero-order chi connectivity index (χ0) is 12.2. The number of carbonyl (C=O) groups is 1. The SMILES string of the molecule is CN1C(=O)[C@@H](N)C2CC2c2cc(C#N)cnc21. The summed E-state index contributed by atoms with van der Waals surface area (Å²) in [6.45, 7) is 0. The summed E-state index contributed by atoms with van der Waals surface area (Å²) in [7, 11) is 1.69. The second-order valence-corrected chi connectivity index (χ2v) is 4.68. The Balaban J connectivity index is 2.15. The number of pyridine rings is 1. The van der Waals surface area contributed by atoms with E-state index in [4.69, 9.17) is 11.0 Å². The molecule has 0 bridgehead atoms. The second kappa shape index (κ2) is 3.28. The van der Waals surface area contributed by atoms with Crippen LogP contribution in [0.5, 0.6) is 0 Å². The van der Waals surface area contributed by atoms with Crippen molar-refractivity contribution in [2.45, 2.75) is 18.4 Å². The van der Waals surface area contributed by atoms with Crippen LogP contribution < -0.4 is 10.6 Å². The van der Waals surface area contributed by atoms with Crippen molar-refractivity contribution >= 4 is 11.7 Å². The quantitative estimate of drug-likeness (QED) is 0.695. The number of amides is 1. The molecule has 86 valence electrons. The van der Waals surface area contributed by atoms with E-state index in [0.29, 0.717) is 11.4 Å². The van der Waals surface area contributed by atoms with E-state index in [-0.39, 0.29) is 17.7 Å². The van der Waals surface area contributed by atoms with Gasteiger partial charge in [0.05, 0.1) is 11.6 Å².